The number of fused-ring (bicyclic) bond motifs is 1. The average Bonchev–Trinajstić information content (AvgIpc) is 3.24. The molecule has 1 aromatic heterocycles. The summed E-state index contributed by atoms with van der Waals surface area (Å²) in [5.74, 6) is -1.02. The Morgan fingerprint density at radius 2 is 2.10 bits per heavy atom. The molecule has 1 N–H and O–H groups in total. The minimum atomic E-state index is -0.918. The summed E-state index contributed by atoms with van der Waals surface area (Å²) >= 11 is 2.32. The fourth-order valence-electron chi connectivity index (χ4n) is 3.39. The number of nitrogens with zero attached hydrogens (tertiary/aromatic N) is 2. The lowest BCUT2D eigenvalue weighted by molar-refractivity contribution is -0.115. The lowest BCUT2D eigenvalue weighted by Crippen LogP contribution is -2.17. The quantitative estimate of drug-likeness (QED) is 0.587. The highest BCUT2D eigenvalue weighted by Crippen LogP contribution is 2.34. The van der Waals surface area contributed by atoms with Gasteiger partial charge in [-0.15, -0.1) is 11.3 Å². The summed E-state index contributed by atoms with van der Waals surface area (Å²) < 4.78 is 0. The third kappa shape index (κ3) is 4.02. The smallest absolute Gasteiger partial charge is 0.290 e. The van der Waals surface area contributed by atoms with E-state index in [0.29, 0.717) is 27.0 Å². The standard InChI is InChI=1S/C21H17N3O3S2/c1-11-2-7-15-16(8-11)28-20(23-15)14(10-22)18(25)13-5-3-12(4-6-13)9-17-19(26)24-21(27)29-17/h3-6,9,11,14H,2,7-8H2,1H3,(H,24,26,27)/b17-9+. The first kappa shape index (κ1) is 19.6. The number of hydrogen-bond acceptors (Lipinski definition) is 7. The van der Waals surface area contributed by atoms with Crippen LogP contribution in [0.5, 0.6) is 0 Å². The number of rotatable bonds is 4. The maximum Gasteiger partial charge on any atom is 0.290 e. The SMILES string of the molecule is CC1CCc2nc(C(C#N)C(=O)c3ccc(/C=C4/SC(=O)NC4=O)cc3)sc2C1. The van der Waals surface area contributed by atoms with Crippen molar-refractivity contribution in [2.75, 3.05) is 0 Å². The molecule has 0 saturated carbocycles. The molecule has 2 heterocycles. The number of hydrogen-bond donors (Lipinski definition) is 1. The molecule has 0 spiro atoms. The minimum Gasteiger partial charge on any atom is -0.292 e. The summed E-state index contributed by atoms with van der Waals surface area (Å²) in [6.07, 6.45) is 4.53. The van der Waals surface area contributed by atoms with E-state index in [1.165, 1.54) is 16.2 Å². The van der Waals surface area contributed by atoms with Gasteiger partial charge in [-0.25, -0.2) is 4.98 Å². The van der Waals surface area contributed by atoms with E-state index in [4.69, 9.17) is 0 Å². The monoisotopic (exact) mass is 423 g/mol. The van der Waals surface area contributed by atoms with Crippen molar-refractivity contribution in [3.8, 4) is 6.07 Å². The maximum atomic E-state index is 12.9. The van der Waals surface area contributed by atoms with Crippen LogP contribution in [0.2, 0.25) is 0 Å². The molecule has 2 atom stereocenters. The van der Waals surface area contributed by atoms with Crippen molar-refractivity contribution in [1.29, 1.82) is 5.26 Å². The lowest BCUT2D eigenvalue weighted by atomic mass is 9.93. The van der Waals surface area contributed by atoms with Crippen LogP contribution in [-0.2, 0) is 17.6 Å². The zero-order chi connectivity index (χ0) is 20.5. The molecule has 1 aromatic carbocycles. The number of nitriles is 1. The predicted octanol–water partition coefficient (Wildman–Crippen LogP) is 4.08. The van der Waals surface area contributed by atoms with Gasteiger partial charge in [-0.3, -0.25) is 19.7 Å². The van der Waals surface area contributed by atoms with Crippen molar-refractivity contribution in [2.24, 2.45) is 5.92 Å². The van der Waals surface area contributed by atoms with Crippen molar-refractivity contribution >= 4 is 46.1 Å². The molecule has 29 heavy (non-hydrogen) atoms. The van der Waals surface area contributed by atoms with Crippen molar-refractivity contribution in [3.05, 3.63) is 55.9 Å². The normalized spacial score (nSPS) is 20.8. The van der Waals surface area contributed by atoms with Crippen molar-refractivity contribution in [2.45, 2.75) is 32.1 Å². The Balaban J connectivity index is 1.54. The fraction of sp³-hybridized carbons (Fsp3) is 0.286. The number of carbonyl (C=O) groups is 3. The highest BCUT2D eigenvalue weighted by molar-refractivity contribution is 8.18. The maximum absolute atomic E-state index is 12.9. The van der Waals surface area contributed by atoms with Gasteiger partial charge in [-0.2, -0.15) is 5.26 Å². The molecule has 0 bridgehead atoms. The van der Waals surface area contributed by atoms with E-state index in [-0.39, 0.29) is 5.78 Å². The third-order valence-corrected chi connectivity index (χ3v) is 6.97. The van der Waals surface area contributed by atoms with Crippen LogP contribution in [-0.4, -0.2) is 21.9 Å². The van der Waals surface area contributed by atoms with Crippen molar-refractivity contribution in [1.82, 2.24) is 10.3 Å². The second kappa shape index (κ2) is 7.93. The molecule has 8 heteroatoms. The van der Waals surface area contributed by atoms with Gasteiger partial charge in [-0.1, -0.05) is 31.2 Å². The highest BCUT2D eigenvalue weighted by Gasteiger charge is 2.29. The van der Waals surface area contributed by atoms with Crippen molar-refractivity contribution in [3.63, 3.8) is 0 Å². The molecule has 146 valence electrons. The van der Waals surface area contributed by atoms with Crippen LogP contribution >= 0.6 is 23.1 Å². The Hall–Kier alpha value is -2.76. The molecular weight excluding hydrogens is 406 g/mol. The summed E-state index contributed by atoms with van der Waals surface area (Å²) in [6.45, 7) is 2.20. The summed E-state index contributed by atoms with van der Waals surface area (Å²) in [7, 11) is 0. The Morgan fingerprint density at radius 3 is 2.76 bits per heavy atom. The molecule has 1 aliphatic heterocycles. The number of imide groups is 1. The van der Waals surface area contributed by atoms with Gasteiger partial charge in [0.25, 0.3) is 11.1 Å². The van der Waals surface area contributed by atoms with E-state index in [9.17, 15) is 19.6 Å². The zero-order valence-electron chi connectivity index (χ0n) is 15.6. The number of thiazole rings is 1. The molecule has 6 nitrogen and oxygen atoms in total. The van der Waals surface area contributed by atoms with Crippen LogP contribution in [0.25, 0.3) is 6.08 Å². The summed E-state index contributed by atoms with van der Waals surface area (Å²) in [5, 5.41) is 12.0. The summed E-state index contributed by atoms with van der Waals surface area (Å²) in [6, 6.07) is 8.77. The molecule has 4 rings (SSSR count). The first-order valence-corrected chi connectivity index (χ1v) is 10.8. The average molecular weight is 424 g/mol. The molecule has 0 radical (unpaired) electrons. The zero-order valence-corrected chi connectivity index (χ0v) is 17.2. The van der Waals surface area contributed by atoms with E-state index < -0.39 is 17.1 Å². The summed E-state index contributed by atoms with van der Waals surface area (Å²) in [5.41, 5.74) is 2.14. The van der Waals surface area contributed by atoms with Gasteiger partial charge in [0.05, 0.1) is 16.7 Å². The van der Waals surface area contributed by atoms with Gasteiger partial charge in [0.1, 0.15) is 5.01 Å². The second-order valence-corrected chi connectivity index (χ2v) is 9.30. The Morgan fingerprint density at radius 1 is 1.34 bits per heavy atom. The topological polar surface area (TPSA) is 99.9 Å². The number of aromatic nitrogens is 1. The third-order valence-electron chi connectivity index (χ3n) is 4.98. The van der Waals surface area contributed by atoms with E-state index in [1.54, 1.807) is 30.3 Å². The number of Topliss-reactive ketones (excluding diaryl/α,β-unsaturated/α-hetero) is 1. The van der Waals surface area contributed by atoms with Gasteiger partial charge in [-0.05, 0) is 48.6 Å². The van der Waals surface area contributed by atoms with Crippen LogP contribution < -0.4 is 5.32 Å². The van der Waals surface area contributed by atoms with Gasteiger partial charge in [0.2, 0.25) is 0 Å². The second-order valence-electron chi connectivity index (χ2n) is 7.17. The van der Waals surface area contributed by atoms with Gasteiger partial charge in [0.15, 0.2) is 11.7 Å². The molecule has 1 saturated heterocycles. The first-order chi connectivity index (χ1) is 13.9. The number of amides is 2. The number of nitrogens with one attached hydrogen (secondary N) is 1. The number of ketones is 1. The van der Waals surface area contributed by atoms with E-state index in [1.807, 2.05) is 0 Å². The lowest BCUT2D eigenvalue weighted by Gasteiger charge is -2.15. The van der Waals surface area contributed by atoms with Crippen LogP contribution in [0, 0.1) is 17.2 Å². The Bertz CT molecular complexity index is 1080. The molecule has 2 amide bonds. The highest BCUT2D eigenvalue weighted by atomic mass is 32.2. The van der Waals surface area contributed by atoms with Crippen LogP contribution in [0.1, 0.15) is 50.8 Å². The van der Waals surface area contributed by atoms with Crippen LogP contribution in [0.4, 0.5) is 4.79 Å². The van der Waals surface area contributed by atoms with Gasteiger partial charge >= 0.3 is 0 Å². The predicted molar refractivity (Wildman–Crippen MR) is 112 cm³/mol. The molecule has 2 aromatic rings. The number of benzene rings is 1. The van der Waals surface area contributed by atoms with Gasteiger partial charge in [0, 0.05) is 10.4 Å². The number of carbonyl (C=O) groups excluding carboxylic acids is 3. The largest absolute Gasteiger partial charge is 0.292 e. The molecular formula is C21H17N3O3S2. The fourth-order valence-corrected chi connectivity index (χ4v) is 5.39. The molecule has 2 unspecified atom stereocenters. The minimum absolute atomic E-state index is 0.283. The van der Waals surface area contributed by atoms with Crippen LogP contribution in [0.3, 0.4) is 0 Å². The Labute approximate surface area is 176 Å². The van der Waals surface area contributed by atoms with E-state index >= 15 is 0 Å². The van der Waals surface area contributed by atoms with E-state index in [2.05, 4.69) is 23.3 Å². The Kier molecular flexibility index (Phi) is 5.35. The van der Waals surface area contributed by atoms with Crippen LogP contribution in [0.15, 0.2) is 29.2 Å². The van der Waals surface area contributed by atoms with E-state index in [0.717, 1.165) is 36.7 Å². The number of aryl methyl sites for hydroxylation is 1. The number of thioether (sulfide) groups is 1. The van der Waals surface area contributed by atoms with Crippen molar-refractivity contribution < 1.29 is 14.4 Å². The molecule has 1 aliphatic carbocycles. The summed E-state index contributed by atoms with van der Waals surface area (Å²) in [4.78, 5) is 41.9. The molecule has 1 fully saturated rings. The first-order valence-electron chi connectivity index (χ1n) is 9.22. The molecule has 2 aliphatic rings. The van der Waals surface area contributed by atoms with Gasteiger partial charge < -0.3 is 0 Å².